The highest BCUT2D eigenvalue weighted by Crippen LogP contribution is 2.27. The Labute approximate surface area is 216 Å². The fourth-order valence-corrected chi connectivity index (χ4v) is 4.40. The Kier molecular flexibility index (Phi) is 7.90. The van der Waals surface area contributed by atoms with E-state index in [0.29, 0.717) is 18.0 Å². The fourth-order valence-electron chi connectivity index (χ4n) is 4.11. The van der Waals surface area contributed by atoms with Gasteiger partial charge < -0.3 is 15.7 Å². The van der Waals surface area contributed by atoms with Crippen molar-refractivity contribution in [1.82, 2.24) is 14.8 Å². The Bertz CT molecular complexity index is 1350. The number of hydrogen-bond acceptors (Lipinski definition) is 5. The Balaban J connectivity index is 1.42. The number of rotatable bonds is 10. The number of hydrogen-bond donors (Lipinski definition) is 3. The lowest BCUT2D eigenvalue weighted by molar-refractivity contribution is -0.137. The van der Waals surface area contributed by atoms with Gasteiger partial charge in [-0.3, -0.25) is 0 Å². The minimum atomic E-state index is -0.900. The van der Waals surface area contributed by atoms with Gasteiger partial charge in [0.1, 0.15) is 11.9 Å². The van der Waals surface area contributed by atoms with E-state index in [4.69, 9.17) is 11.6 Å². The number of pyridine rings is 1. The monoisotopic (exact) mass is 503 g/mol. The van der Waals surface area contributed by atoms with E-state index in [1.807, 2.05) is 86.2 Å². The topological polar surface area (TPSA) is 92.1 Å². The minimum Gasteiger partial charge on any atom is -0.480 e. The Hall–Kier alpha value is -3.84. The predicted molar refractivity (Wildman–Crippen MR) is 144 cm³/mol. The van der Waals surface area contributed by atoms with Crippen LogP contribution in [-0.4, -0.2) is 31.9 Å². The van der Waals surface area contributed by atoms with Crippen molar-refractivity contribution in [2.75, 3.05) is 10.6 Å². The summed E-state index contributed by atoms with van der Waals surface area (Å²) in [5, 5.41) is 21.7. The van der Waals surface area contributed by atoms with E-state index in [0.717, 1.165) is 51.6 Å². The normalized spacial score (nSPS) is 11.8. The fraction of sp³-hybridized carbons (Fsp3) is 0.250. The van der Waals surface area contributed by atoms with Crippen molar-refractivity contribution in [3.05, 3.63) is 100.0 Å². The van der Waals surface area contributed by atoms with Crippen LogP contribution < -0.4 is 10.6 Å². The summed E-state index contributed by atoms with van der Waals surface area (Å²) in [4.78, 5) is 16.4. The number of nitrogens with zero attached hydrogens (tertiary/aromatic N) is 3. The first-order valence-corrected chi connectivity index (χ1v) is 12.3. The molecule has 3 N–H and O–H groups in total. The number of aromatic nitrogens is 3. The van der Waals surface area contributed by atoms with E-state index < -0.39 is 12.0 Å². The van der Waals surface area contributed by atoms with Gasteiger partial charge in [-0.05, 0) is 85.0 Å². The van der Waals surface area contributed by atoms with Crippen LogP contribution >= 0.6 is 11.6 Å². The molecule has 8 heteroatoms. The molecule has 7 nitrogen and oxygen atoms in total. The number of nitrogens with one attached hydrogen (secondary N) is 2. The minimum absolute atomic E-state index is 0.346. The number of anilines is 2. The van der Waals surface area contributed by atoms with Gasteiger partial charge in [-0.25, -0.2) is 14.5 Å². The number of benzene rings is 2. The summed E-state index contributed by atoms with van der Waals surface area (Å²) in [5.74, 6) is -0.0851. The third-order valence-electron chi connectivity index (χ3n) is 6.03. The molecule has 2 aromatic heterocycles. The molecule has 0 bridgehead atoms. The van der Waals surface area contributed by atoms with Crippen molar-refractivity contribution >= 4 is 29.1 Å². The molecule has 1 atom stereocenters. The Morgan fingerprint density at radius 1 is 1.11 bits per heavy atom. The molecule has 0 spiro atoms. The quantitative estimate of drug-likeness (QED) is 0.252. The first-order valence-electron chi connectivity index (χ1n) is 11.9. The summed E-state index contributed by atoms with van der Waals surface area (Å²) in [5.41, 5.74) is 6.63. The molecule has 0 aliphatic heterocycles. The zero-order chi connectivity index (χ0) is 25.7. The van der Waals surface area contributed by atoms with Crippen molar-refractivity contribution in [1.29, 1.82) is 0 Å². The van der Waals surface area contributed by atoms with Gasteiger partial charge in [0.15, 0.2) is 0 Å². The number of aliphatic carboxylic acids is 1. The Morgan fingerprint density at radius 3 is 2.58 bits per heavy atom. The molecule has 0 aliphatic carbocycles. The molecule has 4 rings (SSSR count). The molecule has 2 heterocycles. The second-order valence-electron chi connectivity index (χ2n) is 8.84. The van der Waals surface area contributed by atoms with Crippen LogP contribution in [0.5, 0.6) is 0 Å². The number of halogens is 1. The average molecular weight is 504 g/mol. The van der Waals surface area contributed by atoms with Gasteiger partial charge in [0.2, 0.25) is 0 Å². The van der Waals surface area contributed by atoms with E-state index in [1.165, 1.54) is 0 Å². The first kappa shape index (κ1) is 25.3. The van der Waals surface area contributed by atoms with Crippen LogP contribution in [0.25, 0.3) is 5.69 Å². The highest BCUT2D eigenvalue weighted by Gasteiger charge is 2.20. The predicted octanol–water partition coefficient (Wildman–Crippen LogP) is 5.82. The molecule has 1 unspecified atom stereocenters. The molecule has 0 amide bonds. The highest BCUT2D eigenvalue weighted by molar-refractivity contribution is 6.30. The van der Waals surface area contributed by atoms with Crippen molar-refractivity contribution in [3.63, 3.8) is 0 Å². The molecule has 186 valence electrons. The lowest BCUT2D eigenvalue weighted by atomic mass is 10.0. The zero-order valence-corrected chi connectivity index (χ0v) is 21.4. The largest absolute Gasteiger partial charge is 0.480 e. The highest BCUT2D eigenvalue weighted by atomic mass is 35.5. The maximum Gasteiger partial charge on any atom is 0.326 e. The molecule has 36 heavy (non-hydrogen) atoms. The molecule has 0 aliphatic rings. The van der Waals surface area contributed by atoms with Crippen LogP contribution in [-0.2, 0) is 24.2 Å². The lowest BCUT2D eigenvalue weighted by Gasteiger charge is -2.20. The van der Waals surface area contributed by atoms with Crippen molar-refractivity contribution in [3.8, 4) is 5.69 Å². The van der Waals surface area contributed by atoms with E-state index >= 15 is 0 Å². The summed E-state index contributed by atoms with van der Waals surface area (Å²) in [7, 11) is 0. The average Bonchev–Trinajstić information content (AvgIpc) is 3.33. The first-order chi connectivity index (χ1) is 17.3. The van der Waals surface area contributed by atoms with Crippen molar-refractivity contribution in [2.45, 2.75) is 46.2 Å². The second-order valence-corrected chi connectivity index (χ2v) is 9.28. The molecule has 0 radical (unpaired) electrons. The van der Waals surface area contributed by atoms with Gasteiger partial charge in [-0.15, -0.1) is 0 Å². The second kappa shape index (κ2) is 11.3. The standard InChI is InChI=1S/C28H30ClN5O2/c1-4-21-16-22(29)14-19(3)27(21)32-25(28(35)36)15-20-5-7-24(8-6-20)34-12-10-23(33-34)17-31-26-13-18(2)9-11-30-26/h5-14,16,25,32H,4,15,17H2,1-3H3,(H,30,31)(H,35,36). The number of aryl methyl sites for hydroxylation is 3. The number of carboxylic acids is 1. The van der Waals surface area contributed by atoms with Gasteiger partial charge in [0.05, 0.1) is 17.9 Å². The van der Waals surface area contributed by atoms with Gasteiger partial charge in [-0.1, -0.05) is 30.7 Å². The summed E-state index contributed by atoms with van der Waals surface area (Å²) in [6, 6.07) is 16.7. The maximum absolute atomic E-state index is 12.0. The third kappa shape index (κ3) is 6.23. The van der Waals surface area contributed by atoms with E-state index in [-0.39, 0.29) is 0 Å². The number of carboxylic acid groups (broad SMARTS) is 1. The molecular formula is C28H30ClN5O2. The van der Waals surface area contributed by atoms with Crippen LogP contribution in [0, 0.1) is 13.8 Å². The molecular weight excluding hydrogens is 474 g/mol. The lowest BCUT2D eigenvalue weighted by Crippen LogP contribution is -2.32. The molecule has 2 aromatic carbocycles. The van der Waals surface area contributed by atoms with Crippen molar-refractivity contribution in [2.24, 2.45) is 0 Å². The SMILES string of the molecule is CCc1cc(Cl)cc(C)c1NC(Cc1ccc(-n2ccc(CNc3cc(C)ccn3)n2)cc1)C(=O)O. The molecule has 0 saturated heterocycles. The van der Waals surface area contributed by atoms with Gasteiger partial charge in [0.25, 0.3) is 0 Å². The van der Waals surface area contributed by atoms with Crippen LogP contribution in [0.1, 0.15) is 34.9 Å². The summed E-state index contributed by atoms with van der Waals surface area (Å²) >= 11 is 6.19. The third-order valence-corrected chi connectivity index (χ3v) is 6.25. The maximum atomic E-state index is 12.0. The van der Waals surface area contributed by atoms with Crippen LogP contribution in [0.3, 0.4) is 0 Å². The Morgan fingerprint density at radius 2 is 1.89 bits per heavy atom. The van der Waals surface area contributed by atoms with E-state index in [9.17, 15) is 9.90 Å². The van der Waals surface area contributed by atoms with Gasteiger partial charge >= 0.3 is 5.97 Å². The zero-order valence-electron chi connectivity index (χ0n) is 20.6. The van der Waals surface area contributed by atoms with Crippen LogP contribution in [0.2, 0.25) is 5.02 Å². The summed E-state index contributed by atoms with van der Waals surface area (Å²) < 4.78 is 1.81. The molecule has 4 aromatic rings. The summed E-state index contributed by atoms with van der Waals surface area (Å²) in [6.45, 7) is 6.56. The van der Waals surface area contributed by atoms with Crippen molar-refractivity contribution < 1.29 is 9.90 Å². The van der Waals surface area contributed by atoms with Gasteiger partial charge in [-0.2, -0.15) is 5.10 Å². The van der Waals surface area contributed by atoms with E-state index in [1.54, 1.807) is 6.20 Å². The summed E-state index contributed by atoms with van der Waals surface area (Å²) in [6.07, 6.45) is 4.79. The smallest absolute Gasteiger partial charge is 0.326 e. The molecule has 0 fully saturated rings. The van der Waals surface area contributed by atoms with Crippen LogP contribution in [0.15, 0.2) is 67.0 Å². The van der Waals surface area contributed by atoms with E-state index in [2.05, 4.69) is 20.7 Å². The number of carbonyl (C=O) groups is 1. The van der Waals surface area contributed by atoms with Crippen LogP contribution in [0.4, 0.5) is 11.5 Å². The molecule has 0 saturated carbocycles. The van der Waals surface area contributed by atoms with Gasteiger partial charge in [0, 0.05) is 29.5 Å².